The molecule has 134 valence electrons. The summed E-state index contributed by atoms with van der Waals surface area (Å²) in [5, 5.41) is 4.27. The van der Waals surface area contributed by atoms with Crippen LogP contribution in [0.4, 0.5) is 0 Å². The van der Waals surface area contributed by atoms with Crippen molar-refractivity contribution < 1.29 is 4.79 Å². The van der Waals surface area contributed by atoms with Crippen molar-refractivity contribution in [1.29, 1.82) is 0 Å². The summed E-state index contributed by atoms with van der Waals surface area (Å²) in [6.45, 7) is 3.24. The van der Waals surface area contributed by atoms with E-state index in [2.05, 4.69) is 10.3 Å². The van der Waals surface area contributed by atoms with Crippen molar-refractivity contribution in [3.63, 3.8) is 0 Å². The van der Waals surface area contributed by atoms with Crippen molar-refractivity contribution in [2.45, 2.75) is 50.7 Å². The number of hydrogen-bond acceptors (Lipinski definition) is 4. The van der Waals surface area contributed by atoms with Crippen molar-refractivity contribution in [2.24, 2.45) is 5.92 Å². The van der Waals surface area contributed by atoms with Crippen molar-refractivity contribution in [2.75, 3.05) is 12.3 Å². The summed E-state index contributed by atoms with van der Waals surface area (Å²) in [4.78, 5) is 29.3. The fraction of sp³-hybridized carbons (Fsp3) is 0.526. The van der Waals surface area contributed by atoms with E-state index in [1.807, 2.05) is 25.1 Å². The number of rotatable bonds is 6. The maximum absolute atomic E-state index is 12.6. The fourth-order valence-electron chi connectivity index (χ4n) is 3.37. The third kappa shape index (κ3) is 4.42. The molecule has 0 radical (unpaired) electrons. The van der Waals surface area contributed by atoms with Crippen LogP contribution in [0.25, 0.3) is 10.9 Å². The van der Waals surface area contributed by atoms with Crippen molar-refractivity contribution in [1.82, 2.24) is 14.9 Å². The van der Waals surface area contributed by atoms with Gasteiger partial charge in [0.1, 0.15) is 0 Å². The molecule has 1 aromatic carbocycles. The molecule has 3 rings (SSSR count). The Hall–Kier alpha value is -1.82. The molecular formula is C19H25N3O2S. The number of aromatic nitrogens is 2. The first kappa shape index (κ1) is 18.0. The first-order chi connectivity index (χ1) is 12.2. The molecule has 1 saturated carbocycles. The summed E-state index contributed by atoms with van der Waals surface area (Å²) in [5.74, 6) is 0.924. The molecule has 1 N–H and O–H groups in total. The van der Waals surface area contributed by atoms with E-state index in [1.165, 1.54) is 43.9 Å². The molecule has 2 aromatic rings. The first-order valence-corrected chi connectivity index (χ1v) is 10.1. The summed E-state index contributed by atoms with van der Waals surface area (Å²) in [6, 6.07) is 7.35. The standard InChI is InChI=1S/C19H25N3O2S/c1-2-22-18(24)15-10-6-7-11-16(15)21-19(22)25-13-17(23)20-12-14-8-4-3-5-9-14/h6-7,10-11,14H,2-5,8-9,12-13H2,1H3,(H,20,23). The minimum Gasteiger partial charge on any atom is -0.355 e. The molecule has 25 heavy (non-hydrogen) atoms. The molecule has 1 amide bonds. The fourth-order valence-corrected chi connectivity index (χ4v) is 4.26. The lowest BCUT2D eigenvalue weighted by molar-refractivity contribution is -0.118. The number of carbonyl (C=O) groups is 1. The number of amides is 1. The zero-order valence-corrected chi connectivity index (χ0v) is 15.5. The molecule has 5 nitrogen and oxygen atoms in total. The van der Waals surface area contributed by atoms with Crippen LogP contribution < -0.4 is 10.9 Å². The molecule has 0 bridgehead atoms. The van der Waals surface area contributed by atoms with Gasteiger partial charge in [0, 0.05) is 13.1 Å². The van der Waals surface area contributed by atoms with E-state index in [-0.39, 0.29) is 17.2 Å². The maximum atomic E-state index is 12.6. The van der Waals surface area contributed by atoms with Crippen LogP contribution in [0.15, 0.2) is 34.2 Å². The third-order valence-electron chi connectivity index (χ3n) is 4.79. The molecule has 0 saturated heterocycles. The van der Waals surface area contributed by atoms with Gasteiger partial charge in [-0.2, -0.15) is 0 Å². The van der Waals surface area contributed by atoms with Gasteiger partial charge in [0.2, 0.25) is 5.91 Å². The van der Waals surface area contributed by atoms with Crippen LogP contribution in [0.5, 0.6) is 0 Å². The van der Waals surface area contributed by atoms with Crippen molar-refractivity contribution >= 4 is 28.6 Å². The summed E-state index contributed by atoms with van der Waals surface area (Å²) in [7, 11) is 0. The molecule has 0 unspecified atom stereocenters. The number of hydrogen-bond donors (Lipinski definition) is 1. The maximum Gasteiger partial charge on any atom is 0.262 e. The van der Waals surface area contributed by atoms with E-state index >= 15 is 0 Å². The summed E-state index contributed by atoms with van der Waals surface area (Å²) < 4.78 is 1.64. The Bertz CT molecular complexity index is 797. The second-order valence-electron chi connectivity index (χ2n) is 6.56. The number of para-hydroxylation sites is 1. The van der Waals surface area contributed by atoms with Crippen LogP contribution in [0, 0.1) is 5.92 Å². The first-order valence-electron chi connectivity index (χ1n) is 9.08. The Morgan fingerprint density at radius 1 is 1.28 bits per heavy atom. The number of nitrogens with one attached hydrogen (secondary N) is 1. The Morgan fingerprint density at radius 2 is 2.04 bits per heavy atom. The predicted octanol–water partition coefficient (Wildman–Crippen LogP) is 3.21. The van der Waals surface area contributed by atoms with E-state index in [0.717, 1.165) is 6.54 Å². The highest BCUT2D eigenvalue weighted by Crippen LogP contribution is 2.23. The Kier molecular flexibility index (Phi) is 6.13. The van der Waals surface area contributed by atoms with Crippen LogP contribution in [-0.2, 0) is 11.3 Å². The van der Waals surface area contributed by atoms with Gasteiger partial charge in [-0.1, -0.05) is 43.2 Å². The van der Waals surface area contributed by atoms with Crippen LogP contribution in [0.1, 0.15) is 39.0 Å². The van der Waals surface area contributed by atoms with Crippen molar-refractivity contribution in [3.05, 3.63) is 34.6 Å². The zero-order chi connectivity index (χ0) is 17.6. The number of fused-ring (bicyclic) bond motifs is 1. The van der Waals surface area contributed by atoms with Crippen LogP contribution in [0.3, 0.4) is 0 Å². The Labute approximate surface area is 152 Å². The van der Waals surface area contributed by atoms with E-state index in [1.54, 1.807) is 10.6 Å². The lowest BCUT2D eigenvalue weighted by Gasteiger charge is -2.21. The average Bonchev–Trinajstić information content (AvgIpc) is 2.65. The normalized spacial score (nSPS) is 15.4. The second-order valence-corrected chi connectivity index (χ2v) is 7.50. The quantitative estimate of drug-likeness (QED) is 0.635. The highest BCUT2D eigenvalue weighted by molar-refractivity contribution is 7.99. The van der Waals surface area contributed by atoms with Gasteiger partial charge < -0.3 is 5.32 Å². The number of benzene rings is 1. The topological polar surface area (TPSA) is 64.0 Å². The smallest absolute Gasteiger partial charge is 0.262 e. The predicted molar refractivity (Wildman–Crippen MR) is 102 cm³/mol. The Balaban J connectivity index is 1.64. The molecule has 1 heterocycles. The van der Waals surface area contributed by atoms with E-state index in [0.29, 0.717) is 28.5 Å². The summed E-state index contributed by atoms with van der Waals surface area (Å²) >= 11 is 1.34. The van der Waals surface area contributed by atoms with Gasteiger partial charge in [0.05, 0.1) is 16.7 Å². The van der Waals surface area contributed by atoms with Gasteiger partial charge in [-0.3, -0.25) is 14.2 Å². The number of thioether (sulfide) groups is 1. The Morgan fingerprint density at radius 3 is 2.80 bits per heavy atom. The number of nitrogens with zero attached hydrogens (tertiary/aromatic N) is 2. The lowest BCUT2D eigenvalue weighted by atomic mass is 9.89. The van der Waals surface area contributed by atoms with E-state index in [4.69, 9.17) is 0 Å². The molecule has 0 atom stereocenters. The lowest BCUT2D eigenvalue weighted by Crippen LogP contribution is -2.31. The SMILES string of the molecule is CCn1c(SCC(=O)NCC2CCCCC2)nc2ccccc2c1=O. The minimum absolute atomic E-state index is 0.0145. The average molecular weight is 359 g/mol. The highest BCUT2D eigenvalue weighted by Gasteiger charge is 2.15. The summed E-state index contributed by atoms with van der Waals surface area (Å²) in [5.41, 5.74) is 0.639. The van der Waals surface area contributed by atoms with Gasteiger partial charge in [-0.05, 0) is 37.8 Å². The van der Waals surface area contributed by atoms with Gasteiger partial charge in [0.15, 0.2) is 5.16 Å². The van der Waals surface area contributed by atoms with Crippen LogP contribution in [0.2, 0.25) is 0 Å². The van der Waals surface area contributed by atoms with Gasteiger partial charge >= 0.3 is 0 Å². The largest absolute Gasteiger partial charge is 0.355 e. The molecule has 0 aliphatic heterocycles. The third-order valence-corrected chi connectivity index (χ3v) is 5.76. The van der Waals surface area contributed by atoms with Gasteiger partial charge in [-0.15, -0.1) is 0 Å². The van der Waals surface area contributed by atoms with Crippen LogP contribution in [-0.4, -0.2) is 27.8 Å². The minimum atomic E-state index is -0.0433. The van der Waals surface area contributed by atoms with Gasteiger partial charge in [0.25, 0.3) is 5.56 Å². The number of carbonyl (C=O) groups excluding carboxylic acids is 1. The molecule has 1 aromatic heterocycles. The molecule has 6 heteroatoms. The monoisotopic (exact) mass is 359 g/mol. The van der Waals surface area contributed by atoms with E-state index < -0.39 is 0 Å². The zero-order valence-electron chi connectivity index (χ0n) is 14.7. The highest BCUT2D eigenvalue weighted by atomic mass is 32.2. The summed E-state index contributed by atoms with van der Waals surface area (Å²) in [6.07, 6.45) is 6.31. The molecule has 1 aliphatic carbocycles. The van der Waals surface area contributed by atoms with E-state index in [9.17, 15) is 9.59 Å². The van der Waals surface area contributed by atoms with Crippen LogP contribution >= 0.6 is 11.8 Å². The van der Waals surface area contributed by atoms with Crippen molar-refractivity contribution in [3.8, 4) is 0 Å². The molecule has 1 fully saturated rings. The van der Waals surface area contributed by atoms with Gasteiger partial charge in [-0.25, -0.2) is 4.98 Å². The second kappa shape index (κ2) is 8.52. The molecule has 0 spiro atoms. The molecular weight excluding hydrogens is 334 g/mol. The molecule has 1 aliphatic rings.